The topological polar surface area (TPSA) is 76.1 Å². The first-order valence-electron chi connectivity index (χ1n) is 7.23. The van der Waals surface area contributed by atoms with Crippen LogP contribution in [0.3, 0.4) is 0 Å². The Bertz CT molecular complexity index is 559. The largest absolute Gasteiger partial charge is 0.493 e. The molecule has 1 amide bonds. The smallest absolute Gasteiger partial charge is 0.311 e. The first-order chi connectivity index (χ1) is 10.5. The van der Waals surface area contributed by atoms with Gasteiger partial charge in [-0.2, -0.15) is 0 Å². The number of carbonyl (C=O) groups excluding carboxylic acids is 1. The Hall–Kier alpha value is -2.24. The Morgan fingerprint density at radius 3 is 2.59 bits per heavy atom. The molecule has 1 fully saturated rings. The van der Waals surface area contributed by atoms with Gasteiger partial charge < -0.3 is 19.5 Å². The molecule has 2 rings (SSSR count). The molecule has 0 radical (unpaired) electrons. The van der Waals surface area contributed by atoms with E-state index in [-0.39, 0.29) is 25.5 Å². The van der Waals surface area contributed by atoms with Crippen LogP contribution in [0.25, 0.3) is 0 Å². The van der Waals surface area contributed by atoms with Gasteiger partial charge >= 0.3 is 5.97 Å². The molecule has 1 heterocycles. The molecule has 22 heavy (non-hydrogen) atoms. The van der Waals surface area contributed by atoms with Crippen molar-refractivity contribution in [2.75, 3.05) is 26.8 Å². The van der Waals surface area contributed by atoms with E-state index in [0.717, 1.165) is 0 Å². The van der Waals surface area contributed by atoms with E-state index in [2.05, 4.69) is 0 Å². The zero-order valence-corrected chi connectivity index (χ0v) is 12.9. The number of nitrogens with zero attached hydrogens (tertiary/aromatic N) is 1. The number of amides is 1. The van der Waals surface area contributed by atoms with E-state index in [0.29, 0.717) is 24.5 Å². The predicted octanol–water partition coefficient (Wildman–Crippen LogP) is 1.79. The van der Waals surface area contributed by atoms with Gasteiger partial charge in [-0.25, -0.2) is 0 Å². The minimum Gasteiger partial charge on any atom is -0.493 e. The van der Waals surface area contributed by atoms with Crippen molar-refractivity contribution in [1.82, 2.24) is 4.90 Å². The number of rotatable bonds is 6. The molecule has 1 aliphatic heterocycles. The zero-order valence-electron chi connectivity index (χ0n) is 12.9. The number of hydrogen-bond acceptors (Lipinski definition) is 4. The second-order valence-electron chi connectivity index (χ2n) is 5.68. The number of hydrogen-bond donors (Lipinski definition) is 1. The van der Waals surface area contributed by atoms with Crippen molar-refractivity contribution in [2.24, 2.45) is 5.41 Å². The molecule has 0 aromatic heterocycles. The quantitative estimate of drug-likeness (QED) is 0.867. The summed E-state index contributed by atoms with van der Waals surface area (Å²) in [6.45, 7) is 2.65. The highest BCUT2D eigenvalue weighted by Gasteiger charge is 2.41. The van der Waals surface area contributed by atoms with E-state index in [1.54, 1.807) is 31.1 Å². The molecule has 0 unspecified atom stereocenters. The van der Waals surface area contributed by atoms with Gasteiger partial charge in [0.25, 0.3) is 0 Å². The van der Waals surface area contributed by atoms with E-state index >= 15 is 0 Å². The number of methoxy groups -OCH3 is 1. The van der Waals surface area contributed by atoms with Gasteiger partial charge in [0.2, 0.25) is 5.91 Å². The molecule has 0 spiro atoms. The van der Waals surface area contributed by atoms with Crippen LogP contribution in [0.5, 0.6) is 11.5 Å². The maximum atomic E-state index is 12.1. The molecule has 1 N–H and O–H groups in total. The van der Waals surface area contributed by atoms with Crippen LogP contribution in [0, 0.1) is 5.41 Å². The molecule has 1 saturated heterocycles. The number of carbonyl (C=O) groups is 2. The highest BCUT2D eigenvalue weighted by Crippen LogP contribution is 2.30. The van der Waals surface area contributed by atoms with Crippen LogP contribution in [0.1, 0.15) is 19.8 Å². The Labute approximate surface area is 129 Å². The third kappa shape index (κ3) is 3.50. The lowest BCUT2D eigenvalue weighted by atomic mass is 9.90. The number of benzene rings is 1. The van der Waals surface area contributed by atoms with Gasteiger partial charge in [0.1, 0.15) is 0 Å². The third-order valence-electron chi connectivity index (χ3n) is 3.98. The minimum atomic E-state index is -0.854. The summed E-state index contributed by atoms with van der Waals surface area (Å²) >= 11 is 0. The Morgan fingerprint density at radius 1 is 1.32 bits per heavy atom. The van der Waals surface area contributed by atoms with Gasteiger partial charge in [-0.05, 0) is 25.5 Å². The fourth-order valence-electron chi connectivity index (χ4n) is 2.49. The van der Waals surface area contributed by atoms with Crippen molar-refractivity contribution < 1.29 is 24.2 Å². The Morgan fingerprint density at radius 2 is 2.00 bits per heavy atom. The summed E-state index contributed by atoms with van der Waals surface area (Å²) in [5.74, 6) is 0.275. The maximum absolute atomic E-state index is 12.1. The van der Waals surface area contributed by atoms with Crippen LogP contribution < -0.4 is 9.47 Å². The van der Waals surface area contributed by atoms with E-state index in [9.17, 15) is 14.7 Å². The van der Waals surface area contributed by atoms with Crippen molar-refractivity contribution in [3.05, 3.63) is 24.3 Å². The molecular formula is C16H21NO5. The third-order valence-corrected chi connectivity index (χ3v) is 3.98. The van der Waals surface area contributed by atoms with Crippen LogP contribution in [-0.4, -0.2) is 48.7 Å². The number of para-hydroxylation sites is 2. The van der Waals surface area contributed by atoms with Gasteiger partial charge in [-0.3, -0.25) is 9.59 Å². The second-order valence-corrected chi connectivity index (χ2v) is 5.68. The van der Waals surface area contributed by atoms with E-state index in [1.807, 2.05) is 12.1 Å². The highest BCUT2D eigenvalue weighted by atomic mass is 16.5. The maximum Gasteiger partial charge on any atom is 0.311 e. The summed E-state index contributed by atoms with van der Waals surface area (Å²) in [6.07, 6.45) is 0.704. The first kappa shape index (κ1) is 16.1. The fraction of sp³-hybridized carbons (Fsp3) is 0.500. The molecule has 1 aromatic rings. The van der Waals surface area contributed by atoms with Crippen LogP contribution in [0.2, 0.25) is 0 Å². The van der Waals surface area contributed by atoms with Crippen LogP contribution in [0.4, 0.5) is 0 Å². The van der Waals surface area contributed by atoms with Crippen molar-refractivity contribution in [3.8, 4) is 11.5 Å². The van der Waals surface area contributed by atoms with Crippen molar-refractivity contribution in [3.63, 3.8) is 0 Å². The van der Waals surface area contributed by atoms with Crippen molar-refractivity contribution in [2.45, 2.75) is 19.8 Å². The normalized spacial score (nSPS) is 20.7. The molecule has 0 bridgehead atoms. The lowest BCUT2D eigenvalue weighted by Crippen LogP contribution is -2.35. The number of carboxylic acids is 1. The summed E-state index contributed by atoms with van der Waals surface area (Å²) in [6, 6.07) is 7.24. The minimum absolute atomic E-state index is 0.0835. The number of carboxylic acid groups (broad SMARTS) is 1. The molecular weight excluding hydrogens is 286 g/mol. The van der Waals surface area contributed by atoms with Gasteiger partial charge in [-0.15, -0.1) is 0 Å². The zero-order chi connectivity index (χ0) is 16.2. The molecule has 1 aliphatic rings. The Kier molecular flexibility index (Phi) is 4.90. The lowest BCUT2D eigenvalue weighted by Gasteiger charge is -2.20. The number of aliphatic carboxylic acids is 1. The van der Waals surface area contributed by atoms with Crippen LogP contribution in [0.15, 0.2) is 24.3 Å². The summed E-state index contributed by atoms with van der Waals surface area (Å²) in [5.41, 5.74) is -0.834. The average molecular weight is 307 g/mol. The predicted molar refractivity (Wildman–Crippen MR) is 80.0 cm³/mol. The molecule has 120 valence electrons. The van der Waals surface area contributed by atoms with E-state index in [1.165, 1.54) is 0 Å². The molecule has 1 atom stereocenters. The highest BCUT2D eigenvalue weighted by molar-refractivity contribution is 5.80. The number of likely N-dealkylation sites (tertiary alicyclic amines) is 1. The molecule has 6 nitrogen and oxygen atoms in total. The van der Waals surface area contributed by atoms with E-state index in [4.69, 9.17) is 9.47 Å². The van der Waals surface area contributed by atoms with Gasteiger partial charge in [0.15, 0.2) is 11.5 Å². The summed E-state index contributed by atoms with van der Waals surface area (Å²) < 4.78 is 10.7. The molecule has 1 aromatic carbocycles. The summed E-state index contributed by atoms with van der Waals surface area (Å²) in [7, 11) is 1.56. The monoisotopic (exact) mass is 307 g/mol. The standard InChI is InChI=1S/C16H21NO5/c1-16(15(19)20)8-9-17(11-16)14(18)7-10-22-13-6-4-3-5-12(13)21-2/h3-6H,7-11H2,1-2H3,(H,19,20)/t16-/m0/s1. The average Bonchev–Trinajstić information content (AvgIpc) is 2.92. The second kappa shape index (κ2) is 6.68. The number of ether oxygens (including phenoxy) is 2. The molecule has 0 aliphatic carbocycles. The van der Waals surface area contributed by atoms with Gasteiger partial charge in [-0.1, -0.05) is 12.1 Å². The van der Waals surface area contributed by atoms with Crippen LogP contribution in [-0.2, 0) is 9.59 Å². The van der Waals surface area contributed by atoms with Gasteiger partial charge in [0, 0.05) is 13.1 Å². The summed E-state index contributed by atoms with van der Waals surface area (Å²) in [4.78, 5) is 24.9. The van der Waals surface area contributed by atoms with E-state index < -0.39 is 11.4 Å². The first-order valence-corrected chi connectivity index (χ1v) is 7.23. The fourth-order valence-corrected chi connectivity index (χ4v) is 2.49. The lowest BCUT2D eigenvalue weighted by molar-refractivity contribution is -0.147. The Balaban J connectivity index is 1.83. The van der Waals surface area contributed by atoms with Crippen molar-refractivity contribution in [1.29, 1.82) is 0 Å². The molecule has 0 saturated carbocycles. The van der Waals surface area contributed by atoms with Gasteiger partial charge in [0.05, 0.1) is 25.6 Å². The van der Waals surface area contributed by atoms with Crippen molar-refractivity contribution >= 4 is 11.9 Å². The van der Waals surface area contributed by atoms with Crippen LogP contribution >= 0.6 is 0 Å². The SMILES string of the molecule is COc1ccccc1OCCC(=O)N1CC[C@](C)(C(=O)O)C1. The summed E-state index contributed by atoms with van der Waals surface area (Å²) in [5, 5.41) is 9.18. The molecule has 6 heteroatoms.